The maximum atomic E-state index is 13.2. The molecule has 1 saturated carbocycles. The van der Waals surface area contributed by atoms with E-state index in [-0.39, 0.29) is 17.1 Å². The van der Waals surface area contributed by atoms with Gasteiger partial charge in [-0.1, -0.05) is 12.1 Å². The molecule has 9 heteroatoms. The van der Waals surface area contributed by atoms with Gasteiger partial charge in [0.25, 0.3) is 0 Å². The first-order valence-corrected chi connectivity index (χ1v) is 7.31. The van der Waals surface area contributed by atoms with E-state index in [0.29, 0.717) is 12.8 Å². The Morgan fingerprint density at radius 1 is 1.29 bits per heavy atom. The Bertz CT molecular complexity index is 796. The maximum absolute atomic E-state index is 13.2. The third kappa shape index (κ3) is 3.19. The van der Waals surface area contributed by atoms with Crippen LogP contribution in [-0.2, 0) is 22.3 Å². The fourth-order valence-electron chi connectivity index (χ4n) is 2.63. The van der Waals surface area contributed by atoms with Crippen LogP contribution in [0.15, 0.2) is 24.3 Å². The molecular formula is C15H14F3N3O3. The predicted molar refractivity (Wildman–Crippen MR) is 77.1 cm³/mol. The van der Waals surface area contributed by atoms with E-state index in [0.717, 1.165) is 9.47 Å². The molecule has 0 radical (unpaired) electrons. The van der Waals surface area contributed by atoms with Crippen LogP contribution in [0.1, 0.15) is 18.7 Å². The lowest BCUT2D eigenvalue weighted by atomic mass is 10.3. The number of aliphatic carboxylic acids is 1. The van der Waals surface area contributed by atoms with Gasteiger partial charge in [-0.15, -0.1) is 0 Å². The molecule has 0 unspecified atom stereocenters. The normalized spacial score (nSPS) is 14.8. The number of benzene rings is 1. The molecule has 3 rings (SSSR count). The Balaban J connectivity index is 1.96. The second-order valence-electron chi connectivity index (χ2n) is 5.65. The lowest BCUT2D eigenvalue weighted by Gasteiger charge is -2.21. The van der Waals surface area contributed by atoms with Crippen molar-refractivity contribution in [1.29, 1.82) is 0 Å². The van der Waals surface area contributed by atoms with Gasteiger partial charge in [0, 0.05) is 6.04 Å². The third-order valence-corrected chi connectivity index (χ3v) is 3.82. The molecule has 0 spiro atoms. The van der Waals surface area contributed by atoms with Crippen molar-refractivity contribution >= 4 is 22.9 Å². The SMILES string of the molecule is O=C(O)CN(C(=O)Cn1c(C(F)(F)F)nc2ccccc21)C1CC1. The number of hydrogen-bond donors (Lipinski definition) is 1. The number of amides is 1. The minimum absolute atomic E-state index is 0.133. The Hall–Kier alpha value is -2.58. The van der Waals surface area contributed by atoms with E-state index < -0.39 is 37.0 Å². The predicted octanol–water partition coefficient (Wildman–Crippen LogP) is 2.13. The summed E-state index contributed by atoms with van der Waals surface area (Å²) >= 11 is 0. The van der Waals surface area contributed by atoms with E-state index in [1.54, 1.807) is 12.1 Å². The van der Waals surface area contributed by atoms with Gasteiger partial charge in [-0.2, -0.15) is 13.2 Å². The van der Waals surface area contributed by atoms with Crippen LogP contribution in [0.5, 0.6) is 0 Å². The number of nitrogens with zero attached hydrogens (tertiary/aromatic N) is 3. The van der Waals surface area contributed by atoms with E-state index in [1.807, 2.05) is 0 Å². The Kier molecular flexibility index (Phi) is 3.94. The minimum Gasteiger partial charge on any atom is -0.480 e. The van der Waals surface area contributed by atoms with Crippen molar-refractivity contribution in [1.82, 2.24) is 14.5 Å². The minimum atomic E-state index is -4.71. The zero-order chi connectivity index (χ0) is 17.5. The van der Waals surface area contributed by atoms with Crippen molar-refractivity contribution in [2.45, 2.75) is 31.6 Å². The van der Waals surface area contributed by atoms with Crippen LogP contribution in [0.4, 0.5) is 13.2 Å². The second kappa shape index (κ2) is 5.81. The summed E-state index contributed by atoms with van der Waals surface area (Å²) < 4.78 is 40.5. The molecule has 128 valence electrons. The number of imidazole rings is 1. The Morgan fingerprint density at radius 2 is 1.96 bits per heavy atom. The van der Waals surface area contributed by atoms with E-state index in [1.165, 1.54) is 12.1 Å². The molecule has 1 aromatic carbocycles. The molecule has 24 heavy (non-hydrogen) atoms. The van der Waals surface area contributed by atoms with Crippen LogP contribution >= 0.6 is 0 Å². The number of halogens is 3. The van der Waals surface area contributed by atoms with Gasteiger partial charge < -0.3 is 14.6 Å². The van der Waals surface area contributed by atoms with Gasteiger partial charge in [-0.3, -0.25) is 9.59 Å². The fourth-order valence-corrected chi connectivity index (χ4v) is 2.63. The summed E-state index contributed by atoms with van der Waals surface area (Å²) in [6.07, 6.45) is -3.39. The number of rotatable bonds is 5. The molecule has 1 aromatic heterocycles. The summed E-state index contributed by atoms with van der Waals surface area (Å²) in [5, 5.41) is 8.90. The van der Waals surface area contributed by atoms with Gasteiger partial charge in [0.15, 0.2) is 0 Å². The van der Waals surface area contributed by atoms with E-state index >= 15 is 0 Å². The highest BCUT2D eigenvalue weighted by Crippen LogP contribution is 2.32. The number of carboxylic acids is 1. The average Bonchev–Trinajstić information content (AvgIpc) is 3.26. The number of carboxylic acid groups (broad SMARTS) is 1. The van der Waals surface area contributed by atoms with E-state index in [2.05, 4.69) is 4.98 Å². The van der Waals surface area contributed by atoms with Crippen LogP contribution < -0.4 is 0 Å². The number of fused-ring (bicyclic) bond motifs is 1. The first-order valence-electron chi connectivity index (χ1n) is 7.31. The van der Waals surface area contributed by atoms with E-state index in [9.17, 15) is 22.8 Å². The molecule has 1 fully saturated rings. The van der Waals surface area contributed by atoms with Gasteiger partial charge in [-0.25, -0.2) is 4.98 Å². The summed E-state index contributed by atoms with van der Waals surface area (Å²) in [6.45, 7) is -1.11. The van der Waals surface area contributed by atoms with Crippen molar-refractivity contribution in [3.8, 4) is 0 Å². The van der Waals surface area contributed by atoms with Gasteiger partial charge in [0.05, 0.1) is 11.0 Å². The molecule has 2 aromatic rings. The Morgan fingerprint density at radius 3 is 2.54 bits per heavy atom. The first-order chi connectivity index (χ1) is 11.3. The number of para-hydroxylation sites is 2. The van der Waals surface area contributed by atoms with Crippen molar-refractivity contribution < 1.29 is 27.9 Å². The fraction of sp³-hybridized carbons (Fsp3) is 0.400. The highest BCUT2D eigenvalue weighted by atomic mass is 19.4. The van der Waals surface area contributed by atoms with Crippen LogP contribution in [-0.4, -0.2) is 44.0 Å². The number of alkyl halides is 3. The summed E-state index contributed by atoms with van der Waals surface area (Å²) in [7, 11) is 0. The maximum Gasteiger partial charge on any atom is 0.449 e. The molecule has 0 aliphatic heterocycles. The summed E-state index contributed by atoms with van der Waals surface area (Å²) in [6, 6.07) is 5.78. The quantitative estimate of drug-likeness (QED) is 0.904. The van der Waals surface area contributed by atoms with Crippen molar-refractivity contribution in [3.63, 3.8) is 0 Å². The summed E-state index contributed by atoms with van der Waals surface area (Å²) in [4.78, 5) is 28.0. The van der Waals surface area contributed by atoms with Crippen molar-refractivity contribution in [2.24, 2.45) is 0 Å². The molecule has 1 amide bonds. The van der Waals surface area contributed by atoms with Crippen LogP contribution in [0.3, 0.4) is 0 Å². The number of hydrogen-bond acceptors (Lipinski definition) is 3. The largest absolute Gasteiger partial charge is 0.480 e. The van der Waals surface area contributed by atoms with Gasteiger partial charge >= 0.3 is 12.1 Å². The van der Waals surface area contributed by atoms with Crippen LogP contribution in [0.2, 0.25) is 0 Å². The summed E-state index contributed by atoms with van der Waals surface area (Å²) in [5.41, 5.74) is 0.318. The molecule has 1 heterocycles. The second-order valence-corrected chi connectivity index (χ2v) is 5.65. The first kappa shape index (κ1) is 16.3. The number of aromatic nitrogens is 2. The number of carbonyl (C=O) groups excluding carboxylic acids is 1. The van der Waals surface area contributed by atoms with Crippen molar-refractivity contribution in [2.75, 3.05) is 6.54 Å². The van der Waals surface area contributed by atoms with E-state index in [4.69, 9.17) is 5.11 Å². The molecule has 1 N–H and O–H groups in total. The van der Waals surface area contributed by atoms with Crippen LogP contribution in [0, 0.1) is 0 Å². The molecule has 6 nitrogen and oxygen atoms in total. The molecule has 0 saturated heterocycles. The summed E-state index contributed by atoms with van der Waals surface area (Å²) in [5.74, 6) is -3.02. The smallest absolute Gasteiger partial charge is 0.449 e. The monoisotopic (exact) mass is 341 g/mol. The third-order valence-electron chi connectivity index (χ3n) is 3.82. The van der Waals surface area contributed by atoms with Gasteiger partial charge in [0.1, 0.15) is 13.1 Å². The lowest BCUT2D eigenvalue weighted by Crippen LogP contribution is -2.40. The zero-order valence-corrected chi connectivity index (χ0v) is 12.5. The molecule has 1 aliphatic rings. The average molecular weight is 341 g/mol. The molecule has 0 bridgehead atoms. The lowest BCUT2D eigenvalue weighted by molar-refractivity contribution is -0.150. The molecule has 0 atom stereocenters. The standard InChI is InChI=1S/C15H14F3N3O3/c16-15(17,18)14-19-10-3-1-2-4-11(10)21(14)7-12(22)20(8-13(23)24)9-5-6-9/h1-4,9H,5-8H2,(H,23,24). The van der Waals surface area contributed by atoms with Gasteiger partial charge in [0.2, 0.25) is 11.7 Å². The zero-order valence-electron chi connectivity index (χ0n) is 12.5. The molecular weight excluding hydrogens is 327 g/mol. The van der Waals surface area contributed by atoms with Crippen molar-refractivity contribution in [3.05, 3.63) is 30.1 Å². The molecule has 1 aliphatic carbocycles. The number of carbonyl (C=O) groups is 2. The highest BCUT2D eigenvalue weighted by Gasteiger charge is 2.39. The topological polar surface area (TPSA) is 75.4 Å². The van der Waals surface area contributed by atoms with Crippen LogP contribution in [0.25, 0.3) is 11.0 Å². The Labute approximate surface area is 134 Å². The highest BCUT2D eigenvalue weighted by molar-refractivity contribution is 5.84. The van der Waals surface area contributed by atoms with Gasteiger partial charge in [-0.05, 0) is 25.0 Å².